The highest BCUT2D eigenvalue weighted by atomic mass is 35.5. The number of para-hydroxylation sites is 1. The predicted molar refractivity (Wildman–Crippen MR) is 94.2 cm³/mol. The van der Waals surface area contributed by atoms with Gasteiger partial charge in [0.05, 0.1) is 12.1 Å². The van der Waals surface area contributed by atoms with Gasteiger partial charge in [-0.25, -0.2) is 9.97 Å². The summed E-state index contributed by atoms with van der Waals surface area (Å²) in [7, 11) is 0. The Hall–Kier alpha value is -2.33. The van der Waals surface area contributed by atoms with E-state index in [9.17, 15) is 0 Å². The van der Waals surface area contributed by atoms with Gasteiger partial charge in [-0.2, -0.15) is 0 Å². The van der Waals surface area contributed by atoms with Crippen molar-refractivity contribution >= 4 is 28.3 Å². The van der Waals surface area contributed by atoms with Crippen LogP contribution in [-0.2, 0) is 0 Å². The lowest BCUT2D eigenvalue weighted by Gasteiger charge is -2.27. The summed E-state index contributed by atoms with van der Waals surface area (Å²) in [4.78, 5) is 8.60. The summed E-state index contributed by atoms with van der Waals surface area (Å²) < 4.78 is 6.03. The Morgan fingerprint density at radius 1 is 1.04 bits per heavy atom. The van der Waals surface area contributed by atoms with E-state index in [0.717, 1.165) is 22.5 Å². The van der Waals surface area contributed by atoms with E-state index < -0.39 is 5.60 Å². The van der Waals surface area contributed by atoms with Crippen LogP contribution in [0.4, 0.5) is 5.82 Å². The number of halogens is 1. The van der Waals surface area contributed by atoms with E-state index in [0.29, 0.717) is 11.6 Å². The smallest absolute Gasteiger partial charge is 0.137 e. The van der Waals surface area contributed by atoms with Crippen LogP contribution in [0.2, 0.25) is 5.02 Å². The Morgan fingerprint density at radius 3 is 2.57 bits per heavy atom. The number of ether oxygens (including phenoxy) is 1. The zero-order valence-corrected chi connectivity index (χ0v) is 13.8. The maximum atomic E-state index is 6.03. The normalized spacial score (nSPS) is 11.4. The molecule has 1 N–H and O–H groups in total. The molecule has 0 aliphatic carbocycles. The molecule has 2 aromatic carbocycles. The molecule has 0 aliphatic heterocycles. The van der Waals surface area contributed by atoms with Crippen molar-refractivity contribution in [3.8, 4) is 5.75 Å². The van der Waals surface area contributed by atoms with Gasteiger partial charge in [-0.3, -0.25) is 0 Å². The molecule has 0 fully saturated rings. The molecule has 23 heavy (non-hydrogen) atoms. The van der Waals surface area contributed by atoms with Gasteiger partial charge in [0, 0.05) is 10.4 Å². The number of rotatable bonds is 5. The number of anilines is 1. The van der Waals surface area contributed by atoms with Gasteiger partial charge in [-0.1, -0.05) is 23.7 Å². The van der Waals surface area contributed by atoms with Crippen molar-refractivity contribution in [2.75, 3.05) is 11.9 Å². The van der Waals surface area contributed by atoms with E-state index >= 15 is 0 Å². The molecule has 0 saturated carbocycles. The van der Waals surface area contributed by atoms with E-state index in [2.05, 4.69) is 15.3 Å². The molecule has 0 saturated heterocycles. The first kappa shape index (κ1) is 15.6. The van der Waals surface area contributed by atoms with Crippen molar-refractivity contribution in [3.63, 3.8) is 0 Å². The van der Waals surface area contributed by atoms with Gasteiger partial charge >= 0.3 is 0 Å². The van der Waals surface area contributed by atoms with Crippen molar-refractivity contribution in [2.24, 2.45) is 0 Å². The van der Waals surface area contributed by atoms with Gasteiger partial charge in [0.25, 0.3) is 0 Å². The number of hydrogen-bond acceptors (Lipinski definition) is 4. The van der Waals surface area contributed by atoms with Gasteiger partial charge < -0.3 is 10.1 Å². The fraction of sp³-hybridized carbons (Fsp3) is 0.222. The number of hydrogen-bond donors (Lipinski definition) is 1. The van der Waals surface area contributed by atoms with Crippen molar-refractivity contribution in [1.29, 1.82) is 0 Å². The Kier molecular flexibility index (Phi) is 4.35. The minimum atomic E-state index is -0.403. The summed E-state index contributed by atoms with van der Waals surface area (Å²) in [5, 5.41) is 5.05. The van der Waals surface area contributed by atoms with E-state index in [1.807, 2.05) is 62.4 Å². The van der Waals surface area contributed by atoms with Gasteiger partial charge in [0.15, 0.2) is 0 Å². The van der Waals surface area contributed by atoms with Crippen LogP contribution in [0.5, 0.6) is 5.75 Å². The second kappa shape index (κ2) is 6.42. The second-order valence-electron chi connectivity index (χ2n) is 5.91. The Bertz CT molecular complexity index is 797. The van der Waals surface area contributed by atoms with E-state index in [4.69, 9.17) is 16.3 Å². The summed E-state index contributed by atoms with van der Waals surface area (Å²) in [5.74, 6) is 1.59. The van der Waals surface area contributed by atoms with Crippen LogP contribution in [0, 0.1) is 0 Å². The van der Waals surface area contributed by atoms with Gasteiger partial charge in [-0.05, 0) is 50.2 Å². The second-order valence-corrected chi connectivity index (χ2v) is 6.35. The fourth-order valence-electron chi connectivity index (χ4n) is 2.30. The first-order valence-electron chi connectivity index (χ1n) is 7.42. The molecule has 0 spiro atoms. The quantitative estimate of drug-likeness (QED) is 0.746. The molecule has 0 aliphatic rings. The lowest BCUT2D eigenvalue weighted by atomic mass is 10.1. The molecule has 0 atom stereocenters. The molecular weight excluding hydrogens is 310 g/mol. The topological polar surface area (TPSA) is 47.0 Å². The highest BCUT2D eigenvalue weighted by Gasteiger charge is 2.20. The monoisotopic (exact) mass is 327 g/mol. The predicted octanol–water partition coefficient (Wildman–Crippen LogP) is 4.55. The summed E-state index contributed by atoms with van der Waals surface area (Å²) in [6, 6.07) is 15.3. The maximum Gasteiger partial charge on any atom is 0.137 e. The molecule has 3 aromatic rings. The van der Waals surface area contributed by atoms with E-state index in [1.165, 1.54) is 0 Å². The van der Waals surface area contributed by atoms with Gasteiger partial charge in [0.2, 0.25) is 0 Å². The fourth-order valence-corrected chi connectivity index (χ4v) is 2.43. The lowest BCUT2D eigenvalue weighted by molar-refractivity contribution is 0.123. The molecule has 4 nitrogen and oxygen atoms in total. The lowest BCUT2D eigenvalue weighted by Crippen LogP contribution is -2.36. The Balaban J connectivity index is 1.71. The number of aromatic nitrogens is 2. The van der Waals surface area contributed by atoms with Gasteiger partial charge in [0.1, 0.15) is 23.5 Å². The van der Waals surface area contributed by atoms with Crippen LogP contribution in [0.15, 0.2) is 54.9 Å². The third-order valence-corrected chi connectivity index (χ3v) is 3.68. The van der Waals surface area contributed by atoms with Crippen LogP contribution in [-0.4, -0.2) is 22.1 Å². The Morgan fingerprint density at radius 2 is 1.78 bits per heavy atom. The minimum absolute atomic E-state index is 0.403. The number of fused-ring (bicyclic) bond motifs is 1. The molecule has 3 rings (SSSR count). The molecule has 0 amide bonds. The standard InChI is InChI=1S/C18H18ClN3O/c1-18(2,23-14-9-7-13(19)8-10-14)11-20-17-15-5-3-4-6-16(15)21-12-22-17/h3-10,12H,11H2,1-2H3,(H,20,21,22). The molecule has 0 unspecified atom stereocenters. The zero-order chi connectivity index (χ0) is 16.3. The Labute approximate surface area is 140 Å². The first-order chi connectivity index (χ1) is 11.0. The van der Waals surface area contributed by atoms with Gasteiger partial charge in [-0.15, -0.1) is 0 Å². The molecule has 5 heteroatoms. The number of benzene rings is 2. The van der Waals surface area contributed by atoms with Crippen LogP contribution >= 0.6 is 11.6 Å². The molecule has 0 bridgehead atoms. The molecule has 118 valence electrons. The summed E-state index contributed by atoms with van der Waals surface area (Å²) in [6.45, 7) is 4.66. The zero-order valence-electron chi connectivity index (χ0n) is 13.1. The van der Waals surface area contributed by atoms with Crippen molar-refractivity contribution in [3.05, 3.63) is 59.9 Å². The summed E-state index contributed by atoms with van der Waals surface area (Å²) in [5.41, 5.74) is 0.515. The van der Waals surface area contributed by atoms with Crippen LogP contribution in [0.3, 0.4) is 0 Å². The maximum absolute atomic E-state index is 6.03. The molecule has 1 aromatic heterocycles. The number of nitrogens with one attached hydrogen (secondary N) is 1. The van der Waals surface area contributed by atoms with Crippen LogP contribution < -0.4 is 10.1 Å². The summed E-state index contributed by atoms with van der Waals surface area (Å²) >= 11 is 5.90. The SMILES string of the molecule is CC(C)(CNc1ncnc2ccccc12)Oc1ccc(Cl)cc1. The third kappa shape index (κ3) is 3.90. The molecule has 0 radical (unpaired) electrons. The molecule has 1 heterocycles. The summed E-state index contributed by atoms with van der Waals surface area (Å²) in [6.07, 6.45) is 1.57. The largest absolute Gasteiger partial charge is 0.486 e. The van der Waals surface area contributed by atoms with Crippen molar-refractivity contribution in [2.45, 2.75) is 19.4 Å². The molecular formula is C18H18ClN3O. The number of nitrogens with zero attached hydrogens (tertiary/aromatic N) is 2. The average molecular weight is 328 g/mol. The average Bonchev–Trinajstić information content (AvgIpc) is 2.55. The van der Waals surface area contributed by atoms with Crippen molar-refractivity contribution < 1.29 is 4.74 Å². The first-order valence-corrected chi connectivity index (χ1v) is 7.79. The van der Waals surface area contributed by atoms with Crippen molar-refractivity contribution in [1.82, 2.24) is 9.97 Å². The van der Waals surface area contributed by atoms with E-state index in [-0.39, 0.29) is 0 Å². The minimum Gasteiger partial charge on any atom is -0.486 e. The highest BCUT2D eigenvalue weighted by molar-refractivity contribution is 6.30. The van der Waals surface area contributed by atoms with E-state index in [1.54, 1.807) is 6.33 Å². The van der Waals surface area contributed by atoms with Crippen LogP contribution in [0.25, 0.3) is 10.9 Å². The van der Waals surface area contributed by atoms with Crippen LogP contribution in [0.1, 0.15) is 13.8 Å². The third-order valence-electron chi connectivity index (χ3n) is 3.43. The highest BCUT2D eigenvalue weighted by Crippen LogP contribution is 2.23.